The Hall–Kier alpha value is -3.67. The Morgan fingerprint density at radius 2 is 1.70 bits per heavy atom. The van der Waals surface area contributed by atoms with Crippen LogP contribution < -0.4 is 24.4 Å². The first kappa shape index (κ1) is 19.6. The van der Waals surface area contributed by atoms with Gasteiger partial charge >= 0.3 is 0 Å². The summed E-state index contributed by atoms with van der Waals surface area (Å²) in [6.45, 7) is 2.44. The van der Waals surface area contributed by atoms with Crippen LogP contribution in [0.2, 0.25) is 0 Å². The van der Waals surface area contributed by atoms with Crippen LogP contribution in [-0.4, -0.2) is 26.7 Å². The number of anilines is 2. The average molecular weight is 404 g/mol. The Morgan fingerprint density at radius 3 is 2.40 bits per heavy atom. The maximum absolute atomic E-state index is 13.5. The molecular formula is C24H24N2O4. The Labute approximate surface area is 176 Å². The molecule has 3 aromatic rings. The second-order valence-corrected chi connectivity index (χ2v) is 6.78. The van der Waals surface area contributed by atoms with Crippen molar-refractivity contribution in [3.63, 3.8) is 0 Å². The summed E-state index contributed by atoms with van der Waals surface area (Å²) in [6, 6.07) is 20.6. The summed E-state index contributed by atoms with van der Waals surface area (Å²) < 4.78 is 16.7. The minimum atomic E-state index is -0.476. The first-order valence-corrected chi connectivity index (χ1v) is 9.80. The van der Waals surface area contributed by atoms with E-state index >= 15 is 0 Å². The van der Waals surface area contributed by atoms with E-state index in [4.69, 9.17) is 14.2 Å². The number of ether oxygens (including phenoxy) is 3. The lowest BCUT2D eigenvalue weighted by Crippen LogP contribution is -2.43. The zero-order valence-corrected chi connectivity index (χ0v) is 17.2. The van der Waals surface area contributed by atoms with Crippen molar-refractivity contribution in [2.75, 3.05) is 31.0 Å². The molecule has 0 saturated heterocycles. The first-order chi connectivity index (χ1) is 14.7. The van der Waals surface area contributed by atoms with Crippen LogP contribution >= 0.6 is 0 Å². The number of nitrogens with one attached hydrogen (secondary N) is 1. The molecule has 0 aromatic heterocycles. The molecule has 1 unspecified atom stereocenters. The summed E-state index contributed by atoms with van der Waals surface area (Å²) in [5.41, 5.74) is 2.95. The highest BCUT2D eigenvalue weighted by molar-refractivity contribution is 6.12. The lowest BCUT2D eigenvalue weighted by molar-refractivity contribution is 0.0974. The largest absolute Gasteiger partial charge is 0.497 e. The van der Waals surface area contributed by atoms with Gasteiger partial charge in [-0.15, -0.1) is 0 Å². The van der Waals surface area contributed by atoms with Gasteiger partial charge < -0.3 is 19.5 Å². The second-order valence-electron chi connectivity index (χ2n) is 6.78. The molecule has 6 heteroatoms. The van der Waals surface area contributed by atoms with Gasteiger partial charge in [0.05, 0.1) is 26.4 Å². The van der Waals surface area contributed by atoms with Crippen LogP contribution in [0.1, 0.15) is 29.0 Å². The van der Waals surface area contributed by atoms with E-state index in [2.05, 4.69) is 5.32 Å². The molecule has 1 heterocycles. The van der Waals surface area contributed by atoms with Gasteiger partial charge in [-0.1, -0.05) is 24.3 Å². The van der Waals surface area contributed by atoms with Crippen molar-refractivity contribution >= 4 is 17.3 Å². The number of fused-ring (bicyclic) bond motifs is 1. The maximum atomic E-state index is 13.5. The predicted molar refractivity (Wildman–Crippen MR) is 117 cm³/mol. The van der Waals surface area contributed by atoms with E-state index in [-0.39, 0.29) is 5.91 Å². The van der Waals surface area contributed by atoms with Gasteiger partial charge in [0.15, 0.2) is 11.5 Å². The molecule has 1 atom stereocenters. The van der Waals surface area contributed by atoms with Crippen LogP contribution in [0.3, 0.4) is 0 Å². The number of carbonyl (C=O) groups is 1. The summed E-state index contributed by atoms with van der Waals surface area (Å²) in [7, 11) is 3.23. The summed E-state index contributed by atoms with van der Waals surface area (Å²) in [5, 5.41) is 3.50. The number of amides is 1. The van der Waals surface area contributed by atoms with Gasteiger partial charge in [0.1, 0.15) is 11.9 Å². The van der Waals surface area contributed by atoms with Crippen LogP contribution in [-0.2, 0) is 0 Å². The van der Waals surface area contributed by atoms with Crippen LogP contribution in [0.4, 0.5) is 11.4 Å². The molecule has 3 aromatic carbocycles. The van der Waals surface area contributed by atoms with Crippen molar-refractivity contribution in [1.82, 2.24) is 0 Å². The fraction of sp³-hybridized carbons (Fsp3) is 0.208. The normalized spacial score (nSPS) is 15.2. The Bertz CT molecular complexity index is 1050. The van der Waals surface area contributed by atoms with Crippen LogP contribution in [0.25, 0.3) is 0 Å². The summed E-state index contributed by atoms with van der Waals surface area (Å²) in [5.74, 6) is 1.87. The average Bonchev–Trinajstić information content (AvgIpc) is 2.79. The zero-order valence-electron chi connectivity index (χ0n) is 17.2. The van der Waals surface area contributed by atoms with E-state index in [0.29, 0.717) is 23.7 Å². The molecule has 0 bridgehead atoms. The number of carbonyl (C=O) groups excluding carboxylic acids is 1. The molecule has 6 nitrogen and oxygen atoms in total. The highest BCUT2D eigenvalue weighted by atomic mass is 16.5. The maximum Gasteiger partial charge on any atom is 0.262 e. The van der Waals surface area contributed by atoms with Crippen molar-refractivity contribution in [3.8, 4) is 17.2 Å². The predicted octanol–water partition coefficient (Wildman–Crippen LogP) is 4.87. The lowest BCUT2D eigenvalue weighted by atomic mass is 10.0. The summed E-state index contributed by atoms with van der Waals surface area (Å²) in [6.07, 6.45) is -0.476. The standard InChI is InChI=1S/C24H24N2O4/c1-4-30-21-11-7-9-19(22(21)29-3)23-25-20-10-6-5-8-18(20)24(27)26(23)16-12-14-17(28-2)15-13-16/h5-15,23,25H,4H2,1-3H3. The van der Waals surface area contributed by atoms with Gasteiger partial charge in [0, 0.05) is 16.9 Å². The van der Waals surface area contributed by atoms with Crippen molar-refractivity contribution in [2.24, 2.45) is 0 Å². The monoisotopic (exact) mass is 404 g/mol. The van der Waals surface area contributed by atoms with E-state index in [0.717, 1.165) is 22.7 Å². The van der Waals surface area contributed by atoms with Crippen LogP contribution in [0, 0.1) is 0 Å². The third kappa shape index (κ3) is 3.41. The molecule has 1 amide bonds. The molecule has 0 spiro atoms. The first-order valence-electron chi connectivity index (χ1n) is 9.80. The summed E-state index contributed by atoms with van der Waals surface area (Å²) >= 11 is 0. The number of para-hydroxylation sites is 2. The molecule has 0 fully saturated rings. The van der Waals surface area contributed by atoms with Gasteiger partial charge in [-0.05, 0) is 49.4 Å². The minimum Gasteiger partial charge on any atom is -0.497 e. The smallest absolute Gasteiger partial charge is 0.262 e. The minimum absolute atomic E-state index is 0.0941. The molecule has 1 N–H and O–H groups in total. The summed E-state index contributed by atoms with van der Waals surface area (Å²) in [4.78, 5) is 15.3. The number of benzene rings is 3. The SMILES string of the molecule is CCOc1cccc(C2Nc3ccccc3C(=O)N2c2ccc(OC)cc2)c1OC. The second kappa shape index (κ2) is 8.37. The van der Waals surface area contributed by atoms with Crippen molar-refractivity contribution in [1.29, 1.82) is 0 Å². The van der Waals surface area contributed by atoms with E-state index in [1.54, 1.807) is 19.1 Å². The lowest BCUT2D eigenvalue weighted by Gasteiger charge is -2.38. The zero-order chi connectivity index (χ0) is 21.1. The third-order valence-electron chi connectivity index (χ3n) is 5.09. The fourth-order valence-corrected chi connectivity index (χ4v) is 3.72. The number of hydrogen-bond donors (Lipinski definition) is 1. The van der Waals surface area contributed by atoms with Crippen molar-refractivity contribution in [3.05, 3.63) is 77.9 Å². The number of hydrogen-bond acceptors (Lipinski definition) is 5. The molecule has 154 valence electrons. The molecule has 1 aliphatic rings. The van der Waals surface area contributed by atoms with E-state index < -0.39 is 6.17 Å². The molecule has 30 heavy (non-hydrogen) atoms. The number of nitrogens with zero attached hydrogens (tertiary/aromatic N) is 1. The highest BCUT2D eigenvalue weighted by Gasteiger charge is 2.36. The molecule has 4 rings (SSSR count). The topological polar surface area (TPSA) is 60.0 Å². The van der Waals surface area contributed by atoms with Gasteiger partial charge in [0.2, 0.25) is 0 Å². The van der Waals surface area contributed by atoms with Crippen LogP contribution in [0.5, 0.6) is 17.2 Å². The Kier molecular flexibility index (Phi) is 5.48. The number of rotatable bonds is 6. The van der Waals surface area contributed by atoms with Gasteiger partial charge in [0.25, 0.3) is 5.91 Å². The van der Waals surface area contributed by atoms with Crippen LogP contribution in [0.15, 0.2) is 66.7 Å². The molecule has 0 radical (unpaired) electrons. The van der Waals surface area contributed by atoms with E-state index in [1.807, 2.05) is 73.7 Å². The van der Waals surface area contributed by atoms with Gasteiger partial charge in [-0.25, -0.2) is 0 Å². The Morgan fingerprint density at radius 1 is 0.933 bits per heavy atom. The van der Waals surface area contributed by atoms with E-state index in [9.17, 15) is 4.79 Å². The van der Waals surface area contributed by atoms with Gasteiger partial charge in [-0.2, -0.15) is 0 Å². The quantitative estimate of drug-likeness (QED) is 0.635. The molecular weight excluding hydrogens is 380 g/mol. The fourth-order valence-electron chi connectivity index (χ4n) is 3.72. The van der Waals surface area contributed by atoms with Crippen molar-refractivity contribution < 1.29 is 19.0 Å². The van der Waals surface area contributed by atoms with Gasteiger partial charge in [-0.3, -0.25) is 9.69 Å². The molecule has 0 aliphatic carbocycles. The Balaban J connectivity index is 1.87. The van der Waals surface area contributed by atoms with Crippen molar-refractivity contribution in [2.45, 2.75) is 13.1 Å². The van der Waals surface area contributed by atoms with E-state index in [1.165, 1.54) is 0 Å². The molecule has 0 saturated carbocycles. The highest BCUT2D eigenvalue weighted by Crippen LogP contribution is 2.42. The number of methoxy groups -OCH3 is 2. The third-order valence-corrected chi connectivity index (χ3v) is 5.09. The molecule has 1 aliphatic heterocycles.